The summed E-state index contributed by atoms with van der Waals surface area (Å²) in [5.41, 5.74) is 0.846. The minimum atomic E-state index is -4.08. The molecule has 1 unspecified atom stereocenters. The van der Waals surface area contributed by atoms with Crippen molar-refractivity contribution in [3.8, 4) is 0 Å². The number of halogens is 4. The van der Waals surface area contributed by atoms with Gasteiger partial charge in [0.15, 0.2) is 0 Å². The molecule has 0 heterocycles. The monoisotopic (exact) mass is 627 g/mol. The Kier molecular flexibility index (Phi) is 10.8. The molecule has 214 valence electrons. The molecule has 7 nitrogen and oxygen atoms in total. The van der Waals surface area contributed by atoms with Crippen LogP contribution < -0.4 is 9.62 Å². The van der Waals surface area contributed by atoms with Gasteiger partial charge in [-0.1, -0.05) is 83.3 Å². The first-order chi connectivity index (χ1) is 18.8. The second-order valence-electron chi connectivity index (χ2n) is 9.47. The van der Waals surface area contributed by atoms with Gasteiger partial charge in [-0.05, 0) is 37.6 Å². The molecule has 3 aromatic rings. The maximum absolute atomic E-state index is 14.8. The predicted molar refractivity (Wildman–Crippen MR) is 158 cm³/mol. The largest absolute Gasteiger partial charge is 0.352 e. The van der Waals surface area contributed by atoms with Crippen LogP contribution in [0.2, 0.25) is 15.1 Å². The van der Waals surface area contributed by atoms with E-state index in [-0.39, 0.29) is 45.3 Å². The zero-order valence-electron chi connectivity index (χ0n) is 22.1. The number of benzene rings is 3. The van der Waals surface area contributed by atoms with E-state index in [0.717, 1.165) is 16.1 Å². The molecular weight excluding hydrogens is 600 g/mol. The Morgan fingerprint density at radius 2 is 1.52 bits per heavy atom. The van der Waals surface area contributed by atoms with Gasteiger partial charge < -0.3 is 10.2 Å². The SMILES string of the molecule is CC(C)NC(=O)C(Cc1ccccc1)N(Cc1ccccc1F)C(=O)CN(c1cc(Cl)c(Cl)cc1Cl)S(C)(=O)=O. The lowest BCUT2D eigenvalue weighted by molar-refractivity contribution is -0.140. The minimum absolute atomic E-state index is 0.0312. The van der Waals surface area contributed by atoms with Crippen LogP contribution in [-0.4, -0.2) is 50.0 Å². The summed E-state index contributed by atoms with van der Waals surface area (Å²) < 4.78 is 41.3. The molecule has 0 aromatic heterocycles. The molecule has 0 saturated carbocycles. The maximum atomic E-state index is 14.8. The second-order valence-corrected chi connectivity index (χ2v) is 12.6. The van der Waals surface area contributed by atoms with Crippen LogP contribution in [-0.2, 0) is 32.6 Å². The van der Waals surface area contributed by atoms with Gasteiger partial charge in [-0.15, -0.1) is 0 Å². The molecule has 0 spiro atoms. The number of nitrogens with zero attached hydrogens (tertiary/aromatic N) is 2. The Labute approximate surface area is 248 Å². The summed E-state index contributed by atoms with van der Waals surface area (Å²) in [5, 5.41) is 2.91. The summed E-state index contributed by atoms with van der Waals surface area (Å²) in [6, 6.07) is 16.1. The number of carbonyl (C=O) groups is 2. The summed E-state index contributed by atoms with van der Waals surface area (Å²) in [6.45, 7) is 2.53. The molecule has 2 amide bonds. The average Bonchev–Trinajstić information content (AvgIpc) is 2.87. The highest BCUT2D eigenvalue weighted by Gasteiger charge is 2.34. The van der Waals surface area contributed by atoms with Crippen molar-refractivity contribution in [1.29, 1.82) is 0 Å². The Morgan fingerprint density at radius 1 is 0.925 bits per heavy atom. The van der Waals surface area contributed by atoms with Gasteiger partial charge in [-0.2, -0.15) is 0 Å². The predicted octanol–water partition coefficient (Wildman–Crippen LogP) is 5.72. The molecule has 40 heavy (non-hydrogen) atoms. The third-order valence-electron chi connectivity index (χ3n) is 5.94. The van der Waals surface area contributed by atoms with E-state index >= 15 is 0 Å². The molecule has 0 fully saturated rings. The normalized spacial score (nSPS) is 12.2. The summed E-state index contributed by atoms with van der Waals surface area (Å²) in [7, 11) is -4.08. The summed E-state index contributed by atoms with van der Waals surface area (Å²) in [5.74, 6) is -1.80. The lowest BCUT2D eigenvalue weighted by Crippen LogP contribution is -2.54. The van der Waals surface area contributed by atoms with Gasteiger partial charge in [-0.25, -0.2) is 12.8 Å². The number of hydrogen-bond acceptors (Lipinski definition) is 4. The number of rotatable bonds is 11. The van der Waals surface area contributed by atoms with E-state index in [9.17, 15) is 22.4 Å². The van der Waals surface area contributed by atoms with Gasteiger partial charge in [0.1, 0.15) is 18.4 Å². The average molecular weight is 629 g/mol. The van der Waals surface area contributed by atoms with E-state index in [0.29, 0.717) is 0 Å². The highest BCUT2D eigenvalue weighted by Crippen LogP contribution is 2.35. The number of hydrogen-bond donors (Lipinski definition) is 1. The smallest absolute Gasteiger partial charge is 0.244 e. The van der Waals surface area contributed by atoms with Crippen molar-refractivity contribution in [1.82, 2.24) is 10.2 Å². The first-order valence-electron chi connectivity index (χ1n) is 12.3. The zero-order valence-corrected chi connectivity index (χ0v) is 25.2. The van der Waals surface area contributed by atoms with Crippen LogP contribution in [0.25, 0.3) is 0 Å². The van der Waals surface area contributed by atoms with Crippen LogP contribution in [0.5, 0.6) is 0 Å². The van der Waals surface area contributed by atoms with E-state index < -0.39 is 40.2 Å². The van der Waals surface area contributed by atoms with Crippen molar-refractivity contribution >= 4 is 62.3 Å². The Morgan fingerprint density at radius 3 is 2.12 bits per heavy atom. The van der Waals surface area contributed by atoms with Crippen molar-refractivity contribution in [2.75, 3.05) is 17.1 Å². The molecule has 0 aliphatic rings. The third-order valence-corrected chi connectivity index (χ3v) is 8.09. The third kappa shape index (κ3) is 8.33. The molecule has 0 bridgehead atoms. The number of nitrogens with one attached hydrogen (secondary N) is 1. The van der Waals surface area contributed by atoms with E-state index in [2.05, 4.69) is 5.32 Å². The number of amides is 2. The van der Waals surface area contributed by atoms with Crippen LogP contribution in [0, 0.1) is 5.82 Å². The van der Waals surface area contributed by atoms with Crippen molar-refractivity contribution in [3.63, 3.8) is 0 Å². The molecule has 3 aromatic carbocycles. The summed E-state index contributed by atoms with van der Waals surface area (Å²) >= 11 is 18.5. The highest BCUT2D eigenvalue weighted by molar-refractivity contribution is 7.92. The van der Waals surface area contributed by atoms with Crippen LogP contribution in [0.15, 0.2) is 66.7 Å². The van der Waals surface area contributed by atoms with Crippen LogP contribution in [0.4, 0.5) is 10.1 Å². The quantitative estimate of drug-likeness (QED) is 0.276. The van der Waals surface area contributed by atoms with E-state index in [1.807, 2.05) is 6.07 Å². The molecule has 0 saturated heterocycles. The Bertz CT molecular complexity index is 1470. The van der Waals surface area contributed by atoms with E-state index in [1.54, 1.807) is 44.2 Å². The Hall–Kier alpha value is -2.85. The van der Waals surface area contributed by atoms with E-state index in [1.165, 1.54) is 35.2 Å². The fourth-order valence-electron chi connectivity index (χ4n) is 4.04. The lowest BCUT2D eigenvalue weighted by Gasteiger charge is -2.34. The molecule has 3 rings (SSSR count). The second kappa shape index (κ2) is 13.7. The fourth-order valence-corrected chi connectivity index (χ4v) is 5.59. The van der Waals surface area contributed by atoms with Crippen molar-refractivity contribution in [3.05, 3.63) is 98.7 Å². The first kappa shape index (κ1) is 31.7. The van der Waals surface area contributed by atoms with Crippen molar-refractivity contribution < 1.29 is 22.4 Å². The zero-order chi connectivity index (χ0) is 29.6. The molecule has 1 N–H and O–H groups in total. The van der Waals surface area contributed by atoms with Crippen LogP contribution in [0.3, 0.4) is 0 Å². The first-order valence-corrected chi connectivity index (χ1v) is 15.3. The number of carbonyl (C=O) groups excluding carboxylic acids is 2. The molecule has 0 aliphatic carbocycles. The summed E-state index contributed by atoms with van der Waals surface area (Å²) in [6.07, 6.45) is 1.01. The van der Waals surface area contributed by atoms with Gasteiger partial charge >= 0.3 is 0 Å². The van der Waals surface area contributed by atoms with Crippen LogP contribution >= 0.6 is 34.8 Å². The molecular formula is C28H29Cl3FN3O4S. The highest BCUT2D eigenvalue weighted by atomic mass is 35.5. The van der Waals surface area contributed by atoms with Gasteiger partial charge in [0.25, 0.3) is 0 Å². The summed E-state index contributed by atoms with van der Waals surface area (Å²) in [4.78, 5) is 28.7. The van der Waals surface area contributed by atoms with Crippen molar-refractivity contribution in [2.45, 2.75) is 38.9 Å². The van der Waals surface area contributed by atoms with Crippen molar-refractivity contribution in [2.24, 2.45) is 0 Å². The Balaban J connectivity index is 2.11. The van der Waals surface area contributed by atoms with Gasteiger partial charge in [-0.3, -0.25) is 13.9 Å². The topological polar surface area (TPSA) is 86.8 Å². The van der Waals surface area contributed by atoms with Gasteiger partial charge in [0.05, 0.1) is 27.0 Å². The molecule has 0 radical (unpaired) electrons. The molecule has 12 heteroatoms. The number of anilines is 1. The number of sulfonamides is 1. The molecule has 1 atom stereocenters. The fraction of sp³-hybridized carbons (Fsp3) is 0.286. The minimum Gasteiger partial charge on any atom is -0.352 e. The van der Waals surface area contributed by atoms with Gasteiger partial charge in [0.2, 0.25) is 21.8 Å². The van der Waals surface area contributed by atoms with E-state index in [4.69, 9.17) is 34.8 Å². The van der Waals surface area contributed by atoms with Gasteiger partial charge in [0, 0.05) is 24.6 Å². The maximum Gasteiger partial charge on any atom is 0.244 e. The standard InChI is InChI=1S/C28H29Cl3FN3O4S/c1-18(2)33-28(37)26(13-19-9-5-4-6-10-19)34(16-20-11-7-8-12-24(20)32)27(36)17-35(40(3,38)39)25-15-22(30)21(29)14-23(25)31/h4-12,14-15,18,26H,13,16-17H2,1-3H3,(H,33,37). The van der Waals surface area contributed by atoms with Crippen LogP contribution in [0.1, 0.15) is 25.0 Å². The lowest BCUT2D eigenvalue weighted by atomic mass is 10.0. The molecule has 0 aliphatic heterocycles.